The van der Waals surface area contributed by atoms with Gasteiger partial charge in [-0.3, -0.25) is 9.59 Å². The van der Waals surface area contributed by atoms with Crippen molar-refractivity contribution in [3.05, 3.63) is 89.0 Å². The van der Waals surface area contributed by atoms with Gasteiger partial charge in [-0.25, -0.2) is 17.5 Å². The minimum Gasteiger partial charge on any atom is -0.497 e. The number of methoxy groups -OCH3 is 1. The van der Waals surface area contributed by atoms with E-state index in [9.17, 15) is 22.8 Å². The number of sulfonamides is 1. The Labute approximate surface area is 207 Å². The molecule has 1 aliphatic heterocycles. The molecule has 0 aromatic heterocycles. The van der Waals surface area contributed by atoms with E-state index in [4.69, 9.17) is 9.84 Å². The Morgan fingerprint density at radius 2 is 1.72 bits per heavy atom. The number of aliphatic carboxylic acids is 1. The number of rotatable bonds is 8. The summed E-state index contributed by atoms with van der Waals surface area (Å²) in [6.45, 7) is -0.0478. The normalized spacial score (nSPS) is 13.9. The van der Waals surface area contributed by atoms with E-state index in [1.54, 1.807) is 49.6 Å². The Bertz CT molecular complexity index is 1440. The molecule has 0 bridgehead atoms. The number of ether oxygens (including phenoxy) is 1. The number of nitrogens with zero attached hydrogens (tertiary/aromatic N) is 1. The van der Waals surface area contributed by atoms with Gasteiger partial charge in [-0.2, -0.15) is 0 Å². The number of fused-ring (bicyclic) bond motifs is 1. The highest BCUT2D eigenvalue weighted by Crippen LogP contribution is 2.32. The molecule has 0 atom stereocenters. The summed E-state index contributed by atoms with van der Waals surface area (Å²) in [6, 6.07) is 16.7. The highest BCUT2D eigenvalue weighted by Gasteiger charge is 2.37. The number of carboxylic acids is 1. The second-order valence-electron chi connectivity index (χ2n) is 8.07. The maximum atomic E-state index is 13.3. The fraction of sp³-hybridized carbons (Fsp3) is 0.160. The van der Waals surface area contributed by atoms with Gasteiger partial charge in [0.05, 0.1) is 25.8 Å². The Hall–Kier alpha value is -4.38. The number of hydrogen-bond acceptors (Lipinski definition) is 6. The van der Waals surface area contributed by atoms with Gasteiger partial charge >= 0.3 is 12.0 Å². The maximum Gasteiger partial charge on any atom is 0.336 e. The first kappa shape index (κ1) is 24.7. The number of hydrogen-bond donors (Lipinski definition) is 3. The van der Waals surface area contributed by atoms with Crippen LogP contribution in [0.5, 0.6) is 5.75 Å². The van der Waals surface area contributed by atoms with Crippen molar-refractivity contribution in [1.82, 2.24) is 9.62 Å². The highest BCUT2D eigenvalue weighted by molar-refractivity contribution is 7.90. The minimum absolute atomic E-state index is 0.0809. The predicted octanol–water partition coefficient (Wildman–Crippen LogP) is 2.99. The average molecular weight is 510 g/mol. The fourth-order valence-electron chi connectivity index (χ4n) is 3.71. The van der Waals surface area contributed by atoms with Crippen molar-refractivity contribution >= 4 is 33.6 Å². The molecule has 0 aliphatic carbocycles. The van der Waals surface area contributed by atoms with Crippen LogP contribution in [0, 0.1) is 0 Å². The summed E-state index contributed by atoms with van der Waals surface area (Å²) < 4.78 is 32.4. The van der Waals surface area contributed by atoms with Crippen LogP contribution >= 0.6 is 0 Å². The number of amides is 3. The number of benzene rings is 3. The van der Waals surface area contributed by atoms with Crippen LogP contribution in [0.15, 0.2) is 71.6 Å². The quantitative estimate of drug-likeness (QED) is 0.424. The Morgan fingerprint density at radius 3 is 2.42 bits per heavy atom. The highest BCUT2D eigenvalue weighted by atomic mass is 32.2. The van der Waals surface area contributed by atoms with Crippen LogP contribution in [0.1, 0.15) is 27.0 Å². The zero-order valence-corrected chi connectivity index (χ0v) is 20.0. The first-order valence-electron chi connectivity index (χ1n) is 10.9. The number of carbonyl (C=O) groups is 3. The molecule has 0 fully saturated rings. The smallest absolute Gasteiger partial charge is 0.336 e. The van der Waals surface area contributed by atoms with E-state index < -0.39 is 27.9 Å². The number of urea groups is 1. The van der Waals surface area contributed by atoms with E-state index in [-0.39, 0.29) is 35.7 Å². The molecule has 4 rings (SSSR count). The molecule has 0 unspecified atom stereocenters. The second-order valence-corrected chi connectivity index (χ2v) is 9.90. The largest absolute Gasteiger partial charge is 0.497 e. The fourth-order valence-corrected chi connectivity index (χ4v) is 5.21. The van der Waals surface area contributed by atoms with E-state index in [0.717, 1.165) is 5.56 Å². The standard InChI is InChI=1S/C25H23N3O7S/c1-35-20-4-2-3-18(11-20)14-26-24(31)19-9-10-21-22(13-19)36(33,34)28(25(32)27-21)15-17-7-5-16(6-8-17)12-23(29)30/h2-11,13H,12,14-15H2,1H3,(H,26,31)(H,27,32)(H,29,30). The molecule has 0 saturated heterocycles. The SMILES string of the molecule is COc1cccc(CNC(=O)c2ccc3c(c2)S(=O)(=O)N(Cc2ccc(CC(=O)O)cc2)C(=O)N3)c1. The van der Waals surface area contributed by atoms with E-state index in [0.29, 0.717) is 21.2 Å². The summed E-state index contributed by atoms with van der Waals surface area (Å²) in [4.78, 5) is 36.0. The monoisotopic (exact) mass is 509 g/mol. The number of nitrogens with one attached hydrogen (secondary N) is 2. The molecule has 36 heavy (non-hydrogen) atoms. The van der Waals surface area contributed by atoms with Crippen molar-refractivity contribution in [2.24, 2.45) is 0 Å². The van der Waals surface area contributed by atoms with Gasteiger partial charge in [0.1, 0.15) is 10.6 Å². The van der Waals surface area contributed by atoms with Crippen LogP contribution in [-0.4, -0.2) is 42.8 Å². The van der Waals surface area contributed by atoms with Gasteiger partial charge in [0.25, 0.3) is 15.9 Å². The first-order chi connectivity index (χ1) is 17.2. The number of carboxylic acid groups (broad SMARTS) is 1. The zero-order chi connectivity index (χ0) is 25.9. The van der Waals surface area contributed by atoms with Gasteiger partial charge in [0, 0.05) is 12.1 Å². The van der Waals surface area contributed by atoms with Gasteiger partial charge in [0.15, 0.2) is 0 Å². The summed E-state index contributed by atoms with van der Waals surface area (Å²) in [6.07, 6.45) is -0.168. The van der Waals surface area contributed by atoms with Crippen molar-refractivity contribution in [2.75, 3.05) is 12.4 Å². The lowest BCUT2D eigenvalue weighted by Gasteiger charge is -2.29. The Morgan fingerprint density at radius 1 is 1.00 bits per heavy atom. The van der Waals surface area contributed by atoms with Gasteiger partial charge in [-0.1, -0.05) is 36.4 Å². The summed E-state index contributed by atoms with van der Waals surface area (Å²) in [5.41, 5.74) is 2.05. The molecule has 3 aromatic rings. The van der Waals surface area contributed by atoms with Crippen LogP contribution in [0.2, 0.25) is 0 Å². The van der Waals surface area contributed by atoms with E-state index in [1.807, 2.05) is 6.07 Å². The van der Waals surface area contributed by atoms with Gasteiger partial charge < -0.3 is 20.5 Å². The molecule has 10 nitrogen and oxygen atoms in total. The molecule has 1 heterocycles. The van der Waals surface area contributed by atoms with E-state index in [2.05, 4.69) is 10.6 Å². The van der Waals surface area contributed by atoms with Crippen LogP contribution in [0.3, 0.4) is 0 Å². The van der Waals surface area contributed by atoms with Crippen molar-refractivity contribution < 1.29 is 32.6 Å². The van der Waals surface area contributed by atoms with Crippen LogP contribution in [-0.2, 0) is 34.3 Å². The first-order valence-corrected chi connectivity index (χ1v) is 12.3. The predicted molar refractivity (Wildman–Crippen MR) is 130 cm³/mol. The second kappa shape index (κ2) is 10.1. The molecule has 3 aromatic carbocycles. The molecular weight excluding hydrogens is 486 g/mol. The third-order valence-electron chi connectivity index (χ3n) is 5.57. The molecule has 1 aliphatic rings. The van der Waals surface area contributed by atoms with Crippen LogP contribution < -0.4 is 15.4 Å². The lowest BCUT2D eigenvalue weighted by atomic mass is 10.1. The topological polar surface area (TPSA) is 142 Å². The third-order valence-corrected chi connectivity index (χ3v) is 7.34. The lowest BCUT2D eigenvalue weighted by Crippen LogP contribution is -2.43. The van der Waals surface area contributed by atoms with Gasteiger partial charge in [0.2, 0.25) is 0 Å². The molecular formula is C25H23N3O7S. The summed E-state index contributed by atoms with van der Waals surface area (Å²) in [7, 11) is -2.72. The van der Waals surface area contributed by atoms with E-state index in [1.165, 1.54) is 18.2 Å². The van der Waals surface area contributed by atoms with Gasteiger partial charge in [-0.15, -0.1) is 0 Å². The Kier molecular flexibility index (Phi) is 6.93. The molecule has 0 spiro atoms. The van der Waals surface area contributed by atoms with Crippen LogP contribution in [0.4, 0.5) is 10.5 Å². The molecule has 0 radical (unpaired) electrons. The van der Waals surface area contributed by atoms with Crippen molar-refractivity contribution in [3.63, 3.8) is 0 Å². The van der Waals surface area contributed by atoms with Crippen LogP contribution in [0.25, 0.3) is 0 Å². The van der Waals surface area contributed by atoms with Crippen molar-refractivity contribution in [1.29, 1.82) is 0 Å². The summed E-state index contributed by atoms with van der Waals surface area (Å²) in [5, 5.41) is 14.2. The summed E-state index contributed by atoms with van der Waals surface area (Å²) >= 11 is 0. The molecule has 11 heteroatoms. The van der Waals surface area contributed by atoms with Crippen molar-refractivity contribution in [2.45, 2.75) is 24.4 Å². The van der Waals surface area contributed by atoms with Gasteiger partial charge in [-0.05, 0) is 47.0 Å². The van der Waals surface area contributed by atoms with Crippen molar-refractivity contribution in [3.8, 4) is 5.75 Å². The Balaban J connectivity index is 1.52. The summed E-state index contributed by atoms with van der Waals surface area (Å²) in [5.74, 6) is -0.817. The third kappa shape index (κ3) is 5.31. The average Bonchev–Trinajstić information content (AvgIpc) is 2.86. The molecule has 0 saturated carbocycles. The number of carbonyl (C=O) groups excluding carboxylic acids is 2. The zero-order valence-electron chi connectivity index (χ0n) is 19.2. The number of anilines is 1. The molecule has 186 valence electrons. The lowest BCUT2D eigenvalue weighted by molar-refractivity contribution is -0.136. The molecule has 3 N–H and O–H groups in total. The maximum absolute atomic E-state index is 13.3. The minimum atomic E-state index is -4.26. The van der Waals surface area contributed by atoms with E-state index >= 15 is 0 Å². The molecule has 3 amide bonds.